The number of nitrogens with zero attached hydrogens (tertiary/aromatic N) is 1. The minimum absolute atomic E-state index is 0.0344. The molecule has 1 saturated heterocycles. The van der Waals surface area contributed by atoms with Crippen molar-refractivity contribution in [2.75, 3.05) is 13.1 Å². The van der Waals surface area contributed by atoms with Crippen molar-refractivity contribution in [1.29, 1.82) is 0 Å². The maximum atomic E-state index is 13.2. The highest BCUT2D eigenvalue weighted by Gasteiger charge is 2.47. The van der Waals surface area contributed by atoms with Gasteiger partial charge in [0.1, 0.15) is 6.04 Å². The van der Waals surface area contributed by atoms with Crippen LogP contribution in [-0.4, -0.2) is 36.2 Å². The second kappa shape index (κ2) is 5.78. The summed E-state index contributed by atoms with van der Waals surface area (Å²) in [5.74, 6) is 0.482. The highest BCUT2D eigenvalue weighted by atomic mass is 19.4. The quantitative estimate of drug-likeness (QED) is 0.849. The molecule has 2 nitrogen and oxygen atoms in total. The van der Waals surface area contributed by atoms with Crippen LogP contribution in [0.15, 0.2) is 0 Å². The van der Waals surface area contributed by atoms with E-state index >= 15 is 0 Å². The summed E-state index contributed by atoms with van der Waals surface area (Å²) < 4.78 is 39.5. The highest BCUT2D eigenvalue weighted by molar-refractivity contribution is 4.92. The maximum Gasteiger partial charge on any atom is 0.404 e. The first kappa shape index (κ1) is 14.1. The van der Waals surface area contributed by atoms with Gasteiger partial charge in [0.25, 0.3) is 0 Å². The Morgan fingerprint density at radius 2 is 1.78 bits per heavy atom. The molecular formula is C13H23F3N2. The van der Waals surface area contributed by atoms with E-state index in [-0.39, 0.29) is 19.0 Å². The van der Waals surface area contributed by atoms with Gasteiger partial charge < -0.3 is 5.73 Å². The predicted molar refractivity (Wildman–Crippen MR) is 65.2 cm³/mol. The van der Waals surface area contributed by atoms with Crippen molar-refractivity contribution in [3.8, 4) is 0 Å². The molecule has 0 bridgehead atoms. The molecule has 0 aromatic carbocycles. The zero-order chi connectivity index (χ0) is 13.2. The van der Waals surface area contributed by atoms with Crippen molar-refractivity contribution in [3.05, 3.63) is 0 Å². The van der Waals surface area contributed by atoms with E-state index in [1.165, 1.54) is 6.42 Å². The number of rotatable bonds is 3. The molecule has 2 N–H and O–H groups in total. The fraction of sp³-hybridized carbons (Fsp3) is 1.00. The second-order valence-electron chi connectivity index (χ2n) is 5.63. The van der Waals surface area contributed by atoms with Gasteiger partial charge in [-0.1, -0.05) is 12.8 Å². The summed E-state index contributed by atoms with van der Waals surface area (Å²) in [7, 11) is 0. The highest BCUT2D eigenvalue weighted by Crippen LogP contribution is 2.39. The summed E-state index contributed by atoms with van der Waals surface area (Å²) in [6, 6.07) is -1.18. The van der Waals surface area contributed by atoms with Gasteiger partial charge in [-0.15, -0.1) is 0 Å². The van der Waals surface area contributed by atoms with Crippen molar-refractivity contribution in [3.63, 3.8) is 0 Å². The molecule has 1 aliphatic carbocycles. The topological polar surface area (TPSA) is 29.3 Å². The summed E-state index contributed by atoms with van der Waals surface area (Å²) in [4.78, 5) is 1.72. The molecule has 3 atom stereocenters. The van der Waals surface area contributed by atoms with Crippen LogP contribution in [0.1, 0.15) is 44.9 Å². The zero-order valence-corrected chi connectivity index (χ0v) is 10.8. The number of halogens is 3. The molecule has 1 aliphatic heterocycles. The smallest absolute Gasteiger partial charge is 0.330 e. The molecule has 1 saturated carbocycles. The first-order valence-electron chi connectivity index (χ1n) is 7.06. The van der Waals surface area contributed by atoms with E-state index < -0.39 is 12.2 Å². The Morgan fingerprint density at radius 3 is 2.44 bits per heavy atom. The molecule has 106 valence electrons. The van der Waals surface area contributed by atoms with E-state index in [4.69, 9.17) is 5.73 Å². The predicted octanol–water partition coefficient (Wildman–Crippen LogP) is 2.92. The molecule has 3 unspecified atom stereocenters. The van der Waals surface area contributed by atoms with Gasteiger partial charge in [0.2, 0.25) is 0 Å². The van der Waals surface area contributed by atoms with E-state index in [9.17, 15) is 13.2 Å². The van der Waals surface area contributed by atoms with E-state index in [0.29, 0.717) is 12.5 Å². The molecule has 2 fully saturated rings. The lowest BCUT2D eigenvalue weighted by Crippen LogP contribution is -2.56. The van der Waals surface area contributed by atoms with Crippen LogP contribution in [0.2, 0.25) is 0 Å². The molecule has 0 aromatic rings. The molecule has 1 heterocycles. The fourth-order valence-corrected chi connectivity index (χ4v) is 3.73. The van der Waals surface area contributed by atoms with Crippen LogP contribution in [-0.2, 0) is 0 Å². The SMILES string of the molecule is NCCC(N1CCCC2CCCCC21)C(F)(F)F. The number of fused-ring (bicyclic) bond motifs is 1. The lowest BCUT2D eigenvalue weighted by atomic mass is 9.77. The first-order chi connectivity index (χ1) is 8.54. The monoisotopic (exact) mass is 264 g/mol. The van der Waals surface area contributed by atoms with Gasteiger partial charge in [0, 0.05) is 6.04 Å². The molecule has 0 aromatic heterocycles. The van der Waals surface area contributed by atoms with Crippen molar-refractivity contribution in [2.45, 2.75) is 63.2 Å². The van der Waals surface area contributed by atoms with Crippen LogP contribution in [0.4, 0.5) is 13.2 Å². The van der Waals surface area contributed by atoms with Gasteiger partial charge in [-0.05, 0) is 51.1 Å². The normalized spacial score (nSPS) is 32.0. The zero-order valence-electron chi connectivity index (χ0n) is 10.8. The average molecular weight is 264 g/mol. The number of hydrogen-bond donors (Lipinski definition) is 1. The summed E-state index contributed by atoms with van der Waals surface area (Å²) in [6.07, 6.45) is 2.20. The molecule has 18 heavy (non-hydrogen) atoms. The molecule has 0 spiro atoms. The van der Waals surface area contributed by atoms with Crippen LogP contribution >= 0.6 is 0 Å². The fourth-order valence-electron chi connectivity index (χ4n) is 3.73. The van der Waals surface area contributed by atoms with Crippen molar-refractivity contribution >= 4 is 0 Å². The van der Waals surface area contributed by atoms with Crippen LogP contribution in [0.5, 0.6) is 0 Å². The summed E-state index contributed by atoms with van der Waals surface area (Å²) in [6.45, 7) is 0.698. The minimum Gasteiger partial charge on any atom is -0.330 e. The van der Waals surface area contributed by atoms with Crippen molar-refractivity contribution in [2.24, 2.45) is 11.7 Å². The Balaban J connectivity index is 2.12. The van der Waals surface area contributed by atoms with Gasteiger partial charge in [-0.3, -0.25) is 4.90 Å². The van der Waals surface area contributed by atoms with Crippen LogP contribution in [0.25, 0.3) is 0 Å². The number of nitrogens with two attached hydrogens (primary N) is 1. The standard InChI is InChI=1S/C13H23F3N2/c14-13(15,16)12(7-8-17)18-9-3-5-10-4-1-2-6-11(10)18/h10-12H,1-9,17H2. The van der Waals surface area contributed by atoms with Crippen LogP contribution in [0, 0.1) is 5.92 Å². The van der Waals surface area contributed by atoms with Gasteiger partial charge >= 0.3 is 6.18 Å². The minimum atomic E-state index is -4.14. The maximum absolute atomic E-state index is 13.2. The lowest BCUT2D eigenvalue weighted by Gasteiger charge is -2.48. The number of hydrogen-bond acceptors (Lipinski definition) is 2. The first-order valence-corrected chi connectivity index (χ1v) is 7.06. The van der Waals surface area contributed by atoms with E-state index in [1.807, 2.05) is 0 Å². The van der Waals surface area contributed by atoms with Gasteiger partial charge in [0.05, 0.1) is 0 Å². The van der Waals surface area contributed by atoms with Crippen molar-refractivity contribution in [1.82, 2.24) is 4.90 Å². The Kier molecular flexibility index (Phi) is 4.54. The number of alkyl halides is 3. The Hall–Kier alpha value is -0.290. The molecular weight excluding hydrogens is 241 g/mol. The second-order valence-corrected chi connectivity index (χ2v) is 5.63. The summed E-state index contributed by atoms with van der Waals surface area (Å²) in [5.41, 5.74) is 5.37. The van der Waals surface area contributed by atoms with Gasteiger partial charge in [-0.25, -0.2) is 0 Å². The molecule has 0 radical (unpaired) electrons. The third-order valence-electron chi connectivity index (χ3n) is 4.50. The van der Waals surface area contributed by atoms with E-state index in [2.05, 4.69) is 0 Å². The van der Waals surface area contributed by atoms with Crippen LogP contribution in [0.3, 0.4) is 0 Å². The van der Waals surface area contributed by atoms with Gasteiger partial charge in [-0.2, -0.15) is 13.2 Å². The molecule has 0 amide bonds. The average Bonchev–Trinajstić information content (AvgIpc) is 2.34. The number of piperidine rings is 1. The molecule has 5 heteroatoms. The van der Waals surface area contributed by atoms with Gasteiger partial charge in [0.15, 0.2) is 0 Å². The van der Waals surface area contributed by atoms with Crippen molar-refractivity contribution < 1.29 is 13.2 Å². The third-order valence-corrected chi connectivity index (χ3v) is 4.50. The Labute approximate surface area is 107 Å². The summed E-state index contributed by atoms with van der Waals surface area (Å²) in [5, 5.41) is 0. The Morgan fingerprint density at radius 1 is 1.11 bits per heavy atom. The largest absolute Gasteiger partial charge is 0.404 e. The molecule has 2 rings (SSSR count). The van der Waals surface area contributed by atoms with E-state index in [0.717, 1.165) is 32.1 Å². The summed E-state index contributed by atoms with van der Waals surface area (Å²) >= 11 is 0. The Bertz CT molecular complexity index is 265. The molecule has 2 aliphatic rings. The van der Waals surface area contributed by atoms with E-state index in [1.54, 1.807) is 4.90 Å². The number of likely N-dealkylation sites (tertiary alicyclic amines) is 1. The van der Waals surface area contributed by atoms with Crippen LogP contribution < -0.4 is 5.73 Å². The third kappa shape index (κ3) is 2.99. The lowest BCUT2D eigenvalue weighted by molar-refractivity contribution is -0.199.